The van der Waals surface area contributed by atoms with E-state index in [-0.39, 0.29) is 18.1 Å². The van der Waals surface area contributed by atoms with Crippen molar-refractivity contribution in [3.63, 3.8) is 0 Å². The van der Waals surface area contributed by atoms with Gasteiger partial charge >= 0.3 is 6.03 Å². The van der Waals surface area contributed by atoms with Gasteiger partial charge in [-0.25, -0.2) is 14.1 Å². The highest BCUT2D eigenvalue weighted by atomic mass is 19.1. The number of nitrogens with one attached hydrogen (secondary N) is 1. The zero-order chi connectivity index (χ0) is 20.5. The molecule has 4 rings (SSSR count). The first kappa shape index (κ1) is 18.5. The minimum atomic E-state index is -1.03. The van der Waals surface area contributed by atoms with Crippen molar-refractivity contribution in [1.29, 1.82) is 0 Å². The number of anilines is 1. The van der Waals surface area contributed by atoms with Gasteiger partial charge in [-0.2, -0.15) is 0 Å². The minimum Gasteiger partial charge on any atom is -0.493 e. The van der Waals surface area contributed by atoms with E-state index in [0.29, 0.717) is 34.3 Å². The van der Waals surface area contributed by atoms with Crippen LogP contribution in [-0.2, 0) is 9.59 Å². The van der Waals surface area contributed by atoms with Crippen molar-refractivity contribution in [3.8, 4) is 17.2 Å². The van der Waals surface area contributed by atoms with Crippen LogP contribution in [0.2, 0.25) is 0 Å². The Morgan fingerprint density at radius 1 is 1.17 bits per heavy atom. The summed E-state index contributed by atoms with van der Waals surface area (Å²) in [6, 6.07) is 7.40. The van der Waals surface area contributed by atoms with Crippen LogP contribution in [0.15, 0.2) is 42.0 Å². The average Bonchev–Trinajstić information content (AvgIpc) is 3.14. The monoisotopic (exact) mass is 398 g/mol. The molecule has 1 fully saturated rings. The Bertz CT molecular complexity index is 1060. The van der Waals surface area contributed by atoms with Crippen LogP contribution in [0.3, 0.4) is 0 Å². The number of ether oxygens (including phenoxy) is 3. The minimum absolute atomic E-state index is 0.0376. The number of benzene rings is 2. The molecule has 0 unspecified atom stereocenters. The van der Waals surface area contributed by atoms with Crippen molar-refractivity contribution in [2.75, 3.05) is 18.3 Å². The van der Waals surface area contributed by atoms with Crippen LogP contribution in [0.1, 0.15) is 12.5 Å². The second-order valence-corrected chi connectivity index (χ2v) is 6.09. The molecule has 0 aromatic heterocycles. The number of carbonyl (C=O) groups excluding carboxylic acids is 3. The normalized spacial score (nSPS) is 17.0. The Morgan fingerprint density at radius 2 is 1.90 bits per heavy atom. The summed E-state index contributed by atoms with van der Waals surface area (Å²) in [5, 5.41) is 2.06. The van der Waals surface area contributed by atoms with E-state index in [4.69, 9.17) is 14.2 Å². The van der Waals surface area contributed by atoms with Crippen molar-refractivity contribution in [3.05, 3.63) is 53.4 Å². The number of carbonyl (C=O) groups is 3. The number of fused-ring (bicyclic) bond motifs is 1. The number of hydrogen-bond acceptors (Lipinski definition) is 6. The summed E-state index contributed by atoms with van der Waals surface area (Å²) < 4.78 is 30.4. The number of barbiturate groups is 1. The third-order valence-electron chi connectivity index (χ3n) is 4.30. The van der Waals surface area contributed by atoms with Gasteiger partial charge in [0.1, 0.15) is 17.1 Å². The number of imide groups is 2. The predicted octanol–water partition coefficient (Wildman–Crippen LogP) is 2.62. The van der Waals surface area contributed by atoms with Crippen molar-refractivity contribution in [2.45, 2.75) is 6.92 Å². The number of halogens is 1. The van der Waals surface area contributed by atoms with Crippen LogP contribution in [0.5, 0.6) is 17.2 Å². The van der Waals surface area contributed by atoms with Gasteiger partial charge in [0.05, 0.1) is 12.3 Å². The molecular formula is C20H15FN2O6. The van der Waals surface area contributed by atoms with Gasteiger partial charge in [0.25, 0.3) is 11.8 Å². The quantitative estimate of drug-likeness (QED) is 0.629. The molecule has 0 atom stereocenters. The molecule has 9 heteroatoms. The van der Waals surface area contributed by atoms with Gasteiger partial charge < -0.3 is 14.2 Å². The molecule has 4 amide bonds. The first-order valence-electron chi connectivity index (χ1n) is 8.72. The van der Waals surface area contributed by atoms with Gasteiger partial charge in [-0.05, 0) is 31.2 Å². The Morgan fingerprint density at radius 3 is 2.62 bits per heavy atom. The molecule has 1 N–H and O–H groups in total. The molecule has 148 valence electrons. The smallest absolute Gasteiger partial charge is 0.336 e. The first-order chi connectivity index (χ1) is 14.0. The standard InChI is InChI=1S/C20H15FN2O6/c1-2-27-15-9-17-16(28-10-29-17)8-11(15)7-12-18(24)22-20(26)23(19(12)25)14-6-4-3-5-13(14)21/h3-9H,2,10H2,1H3,(H,22,24,26)/b12-7-. The van der Waals surface area contributed by atoms with Crippen molar-refractivity contribution < 1.29 is 33.0 Å². The highest BCUT2D eigenvalue weighted by molar-refractivity contribution is 6.39. The molecule has 0 saturated carbocycles. The third-order valence-corrected chi connectivity index (χ3v) is 4.30. The summed E-state index contributed by atoms with van der Waals surface area (Å²) in [4.78, 5) is 38.1. The van der Waals surface area contributed by atoms with Gasteiger partial charge in [0.15, 0.2) is 11.5 Å². The molecule has 0 spiro atoms. The lowest BCUT2D eigenvalue weighted by molar-refractivity contribution is -0.122. The maximum atomic E-state index is 14.2. The SMILES string of the molecule is CCOc1cc2c(cc1/C=C1/C(=O)NC(=O)N(c3ccccc3F)C1=O)OCO2. The average molecular weight is 398 g/mol. The van der Waals surface area contributed by atoms with Gasteiger partial charge in [-0.15, -0.1) is 0 Å². The number of hydrogen-bond donors (Lipinski definition) is 1. The van der Waals surface area contributed by atoms with E-state index in [0.717, 1.165) is 6.07 Å². The molecular weight excluding hydrogens is 383 g/mol. The lowest BCUT2D eigenvalue weighted by Gasteiger charge is -2.26. The van der Waals surface area contributed by atoms with Crippen LogP contribution in [0, 0.1) is 5.82 Å². The summed E-state index contributed by atoms with van der Waals surface area (Å²) in [6.45, 7) is 2.14. The van der Waals surface area contributed by atoms with Crippen LogP contribution in [0.4, 0.5) is 14.9 Å². The number of urea groups is 1. The van der Waals surface area contributed by atoms with E-state index < -0.39 is 23.7 Å². The van der Waals surface area contributed by atoms with Crippen LogP contribution < -0.4 is 24.4 Å². The molecule has 2 heterocycles. The molecule has 2 aliphatic rings. The molecule has 29 heavy (non-hydrogen) atoms. The predicted molar refractivity (Wildman–Crippen MR) is 99.1 cm³/mol. The van der Waals surface area contributed by atoms with E-state index in [1.54, 1.807) is 19.1 Å². The van der Waals surface area contributed by atoms with Gasteiger partial charge in [-0.1, -0.05) is 12.1 Å². The maximum Gasteiger partial charge on any atom is 0.336 e. The van der Waals surface area contributed by atoms with E-state index in [2.05, 4.69) is 5.32 Å². The Labute approximate surface area is 164 Å². The molecule has 0 radical (unpaired) electrons. The highest BCUT2D eigenvalue weighted by Crippen LogP contribution is 2.39. The van der Waals surface area contributed by atoms with Crippen LogP contribution >= 0.6 is 0 Å². The summed E-state index contributed by atoms with van der Waals surface area (Å²) >= 11 is 0. The lowest BCUT2D eigenvalue weighted by Crippen LogP contribution is -2.54. The van der Waals surface area contributed by atoms with Crippen LogP contribution in [0.25, 0.3) is 6.08 Å². The first-order valence-corrected chi connectivity index (χ1v) is 8.72. The number of nitrogens with zero attached hydrogens (tertiary/aromatic N) is 1. The molecule has 2 aromatic carbocycles. The fraction of sp³-hybridized carbons (Fsp3) is 0.150. The fourth-order valence-corrected chi connectivity index (χ4v) is 3.00. The number of amides is 4. The second-order valence-electron chi connectivity index (χ2n) is 6.09. The van der Waals surface area contributed by atoms with Gasteiger partial charge in [-0.3, -0.25) is 14.9 Å². The fourth-order valence-electron chi connectivity index (χ4n) is 3.00. The maximum absolute atomic E-state index is 14.2. The van der Waals surface area contributed by atoms with E-state index in [9.17, 15) is 18.8 Å². The zero-order valence-corrected chi connectivity index (χ0v) is 15.2. The van der Waals surface area contributed by atoms with E-state index in [1.165, 1.54) is 24.3 Å². The highest BCUT2D eigenvalue weighted by Gasteiger charge is 2.38. The molecule has 2 aromatic rings. The summed E-state index contributed by atoms with van der Waals surface area (Å²) in [5.74, 6) is -1.37. The topological polar surface area (TPSA) is 94.2 Å². The van der Waals surface area contributed by atoms with Gasteiger partial charge in [0.2, 0.25) is 6.79 Å². The summed E-state index contributed by atoms with van der Waals surface area (Å²) in [6.07, 6.45) is 1.27. The molecule has 1 saturated heterocycles. The molecule has 2 aliphatic heterocycles. The van der Waals surface area contributed by atoms with Crippen molar-refractivity contribution in [1.82, 2.24) is 5.32 Å². The van der Waals surface area contributed by atoms with E-state index in [1.807, 2.05) is 0 Å². The lowest BCUT2D eigenvalue weighted by atomic mass is 10.1. The largest absolute Gasteiger partial charge is 0.493 e. The molecule has 8 nitrogen and oxygen atoms in total. The van der Waals surface area contributed by atoms with Crippen molar-refractivity contribution >= 4 is 29.6 Å². The van der Waals surface area contributed by atoms with Crippen molar-refractivity contribution in [2.24, 2.45) is 0 Å². The number of para-hydroxylation sites is 1. The summed E-state index contributed by atoms with van der Waals surface area (Å²) in [7, 11) is 0. The van der Waals surface area contributed by atoms with E-state index >= 15 is 0 Å². The third kappa shape index (κ3) is 3.27. The van der Waals surface area contributed by atoms with Gasteiger partial charge in [0, 0.05) is 11.6 Å². The number of rotatable bonds is 4. The Balaban J connectivity index is 1.79. The zero-order valence-electron chi connectivity index (χ0n) is 15.2. The molecule has 0 bridgehead atoms. The summed E-state index contributed by atoms with van der Waals surface area (Å²) in [5.41, 5.74) is -0.241. The molecule has 0 aliphatic carbocycles. The second kappa shape index (κ2) is 7.27. The van der Waals surface area contributed by atoms with Crippen LogP contribution in [-0.4, -0.2) is 31.2 Å². The Hall–Kier alpha value is -3.88. The Kier molecular flexibility index (Phi) is 4.63.